The smallest absolute Gasteiger partial charge is 0.215 e. The van der Waals surface area contributed by atoms with Crippen molar-refractivity contribution < 1.29 is 17.9 Å². The number of nitrogens with two attached hydrogens (primary N) is 1. The Bertz CT molecular complexity index is 1100. The third-order valence-electron chi connectivity index (χ3n) is 4.19. The fourth-order valence-corrected chi connectivity index (χ4v) is 4.06. The minimum atomic E-state index is -3.66. The molecule has 0 saturated carbocycles. The second-order valence-electron chi connectivity index (χ2n) is 6.63. The molecule has 0 unspecified atom stereocenters. The molecule has 2 aromatic carbocycles. The van der Waals surface area contributed by atoms with Crippen LogP contribution >= 0.6 is 0 Å². The highest BCUT2D eigenvalue weighted by Crippen LogP contribution is 2.29. The van der Waals surface area contributed by atoms with Crippen molar-refractivity contribution in [3.8, 4) is 22.4 Å². The first-order valence-corrected chi connectivity index (χ1v) is 10.5. The maximum atomic E-state index is 14.7. The third kappa shape index (κ3) is 5.35. The predicted octanol–water partition coefficient (Wildman–Crippen LogP) is 2.33. The van der Waals surface area contributed by atoms with Crippen molar-refractivity contribution in [3.63, 3.8) is 0 Å². The minimum Gasteiger partial charge on any atom is -0.392 e. The summed E-state index contributed by atoms with van der Waals surface area (Å²) in [4.78, 5) is 8.00. The van der Waals surface area contributed by atoms with Gasteiger partial charge in [0.05, 0.1) is 29.9 Å². The molecular weight excluding hydrogens is 395 g/mol. The van der Waals surface area contributed by atoms with Gasteiger partial charge in [0.25, 0.3) is 0 Å². The molecule has 0 bridgehead atoms. The van der Waals surface area contributed by atoms with Gasteiger partial charge >= 0.3 is 0 Å². The van der Waals surface area contributed by atoms with Crippen LogP contribution in [0, 0.1) is 5.82 Å². The number of nitrogens with one attached hydrogen (secondary N) is 1. The molecule has 9 heteroatoms. The number of sulfonamides is 1. The Morgan fingerprint density at radius 3 is 2.55 bits per heavy atom. The molecule has 0 aliphatic carbocycles. The number of nitrogen functional groups attached to an aromatic ring is 1. The fraction of sp³-hybridized carbons (Fsp3) is 0.200. The standard InChI is InChI=1S/C20H21FN4O3S/c1-13(26)9-25-29(27,28)12-15-4-2-3-5-16(15)14-6-7-17(18(21)8-14)19-10-24-20(22)11-23-19/h2-8,10-11,13,25-26H,9,12H2,1H3,(H2,22,24)/t13-/m0/s1. The van der Waals surface area contributed by atoms with Crippen LogP contribution in [-0.4, -0.2) is 36.1 Å². The summed E-state index contributed by atoms with van der Waals surface area (Å²) in [5.74, 6) is -0.556. The van der Waals surface area contributed by atoms with Gasteiger partial charge in [-0.2, -0.15) is 0 Å². The molecular formula is C20H21FN4O3S. The molecule has 152 valence electrons. The van der Waals surface area contributed by atoms with Crippen molar-refractivity contribution in [2.75, 3.05) is 12.3 Å². The summed E-state index contributed by atoms with van der Waals surface area (Å²) in [6, 6.07) is 11.5. The Kier molecular flexibility index (Phi) is 6.21. The third-order valence-corrected chi connectivity index (χ3v) is 5.49. The number of benzene rings is 2. The average molecular weight is 416 g/mol. The molecule has 3 aromatic rings. The van der Waals surface area contributed by atoms with E-state index in [1.54, 1.807) is 36.4 Å². The number of aliphatic hydroxyl groups is 1. The Morgan fingerprint density at radius 2 is 1.90 bits per heavy atom. The van der Waals surface area contributed by atoms with Crippen molar-refractivity contribution in [1.82, 2.24) is 14.7 Å². The summed E-state index contributed by atoms with van der Waals surface area (Å²) in [6.07, 6.45) is 1.95. The van der Waals surface area contributed by atoms with Crippen LogP contribution < -0.4 is 10.5 Å². The van der Waals surface area contributed by atoms with E-state index in [4.69, 9.17) is 5.73 Å². The van der Waals surface area contributed by atoms with Crippen molar-refractivity contribution >= 4 is 15.8 Å². The van der Waals surface area contributed by atoms with E-state index in [9.17, 15) is 17.9 Å². The van der Waals surface area contributed by atoms with E-state index in [0.29, 0.717) is 22.4 Å². The van der Waals surface area contributed by atoms with E-state index in [1.165, 1.54) is 25.4 Å². The summed E-state index contributed by atoms with van der Waals surface area (Å²) in [5, 5.41) is 9.29. The molecule has 0 amide bonds. The summed E-state index contributed by atoms with van der Waals surface area (Å²) in [5.41, 5.74) is 7.79. The van der Waals surface area contributed by atoms with Gasteiger partial charge in [-0.1, -0.05) is 30.3 Å². The van der Waals surface area contributed by atoms with Gasteiger partial charge in [-0.3, -0.25) is 4.98 Å². The van der Waals surface area contributed by atoms with Gasteiger partial charge in [0.1, 0.15) is 11.6 Å². The molecule has 0 radical (unpaired) electrons. The lowest BCUT2D eigenvalue weighted by atomic mass is 9.98. The molecule has 0 saturated heterocycles. The molecule has 3 rings (SSSR count). The highest BCUT2D eigenvalue weighted by Gasteiger charge is 2.17. The molecule has 29 heavy (non-hydrogen) atoms. The highest BCUT2D eigenvalue weighted by molar-refractivity contribution is 7.88. The van der Waals surface area contributed by atoms with E-state index < -0.39 is 21.9 Å². The van der Waals surface area contributed by atoms with Gasteiger partial charge in [-0.25, -0.2) is 22.5 Å². The minimum absolute atomic E-state index is 0.0730. The second kappa shape index (κ2) is 8.64. The summed E-state index contributed by atoms with van der Waals surface area (Å²) in [7, 11) is -3.66. The zero-order chi connectivity index (χ0) is 21.0. The fourth-order valence-electron chi connectivity index (χ4n) is 2.80. The Labute approximate surface area is 168 Å². The average Bonchev–Trinajstić information content (AvgIpc) is 2.67. The van der Waals surface area contributed by atoms with Crippen LogP contribution in [0.25, 0.3) is 22.4 Å². The van der Waals surface area contributed by atoms with E-state index >= 15 is 0 Å². The van der Waals surface area contributed by atoms with Gasteiger partial charge in [0.2, 0.25) is 10.0 Å². The lowest BCUT2D eigenvalue weighted by Gasteiger charge is -2.13. The molecule has 0 aliphatic heterocycles. The van der Waals surface area contributed by atoms with Gasteiger partial charge < -0.3 is 10.8 Å². The van der Waals surface area contributed by atoms with E-state index in [1.807, 2.05) is 0 Å². The van der Waals surface area contributed by atoms with Crippen molar-refractivity contribution in [3.05, 3.63) is 66.2 Å². The molecule has 7 nitrogen and oxygen atoms in total. The van der Waals surface area contributed by atoms with Crippen molar-refractivity contribution in [2.24, 2.45) is 0 Å². The number of anilines is 1. The van der Waals surface area contributed by atoms with Gasteiger partial charge in [-0.15, -0.1) is 0 Å². The van der Waals surface area contributed by atoms with Crippen LogP contribution in [0.5, 0.6) is 0 Å². The first-order valence-electron chi connectivity index (χ1n) is 8.86. The first kappa shape index (κ1) is 20.8. The summed E-state index contributed by atoms with van der Waals surface area (Å²) in [6.45, 7) is 1.42. The SMILES string of the molecule is C[C@H](O)CNS(=O)(=O)Cc1ccccc1-c1ccc(-c2cnc(N)cn2)c(F)c1. The number of hydrogen-bond donors (Lipinski definition) is 3. The molecule has 0 aliphatic rings. The normalized spacial score (nSPS) is 12.7. The molecule has 1 aromatic heterocycles. The predicted molar refractivity (Wildman–Crippen MR) is 110 cm³/mol. The second-order valence-corrected chi connectivity index (χ2v) is 8.44. The monoisotopic (exact) mass is 416 g/mol. The maximum absolute atomic E-state index is 14.7. The van der Waals surface area contributed by atoms with Crippen LogP contribution in [-0.2, 0) is 15.8 Å². The van der Waals surface area contributed by atoms with Crippen LogP contribution in [0.3, 0.4) is 0 Å². The number of rotatable bonds is 7. The molecule has 1 atom stereocenters. The summed E-state index contributed by atoms with van der Waals surface area (Å²) < 4.78 is 41.7. The largest absolute Gasteiger partial charge is 0.392 e. The molecule has 4 N–H and O–H groups in total. The van der Waals surface area contributed by atoms with E-state index in [2.05, 4.69) is 14.7 Å². The molecule has 1 heterocycles. The Morgan fingerprint density at radius 1 is 1.14 bits per heavy atom. The van der Waals surface area contributed by atoms with Crippen molar-refractivity contribution in [1.29, 1.82) is 0 Å². The Balaban J connectivity index is 1.92. The Hall–Kier alpha value is -2.88. The first-order chi connectivity index (χ1) is 13.7. The molecule has 0 fully saturated rings. The van der Waals surface area contributed by atoms with Crippen LogP contribution in [0.4, 0.5) is 10.2 Å². The van der Waals surface area contributed by atoms with E-state index in [0.717, 1.165) is 0 Å². The topological polar surface area (TPSA) is 118 Å². The lowest BCUT2D eigenvalue weighted by molar-refractivity contribution is 0.198. The van der Waals surface area contributed by atoms with Gasteiger partial charge in [0, 0.05) is 12.1 Å². The zero-order valence-electron chi connectivity index (χ0n) is 15.7. The van der Waals surface area contributed by atoms with E-state index in [-0.39, 0.29) is 23.7 Å². The number of hydrogen-bond acceptors (Lipinski definition) is 6. The highest BCUT2D eigenvalue weighted by atomic mass is 32.2. The van der Waals surface area contributed by atoms with Crippen LogP contribution in [0.15, 0.2) is 54.9 Å². The number of aromatic nitrogens is 2. The summed E-state index contributed by atoms with van der Waals surface area (Å²) >= 11 is 0. The number of halogens is 1. The maximum Gasteiger partial charge on any atom is 0.215 e. The van der Waals surface area contributed by atoms with Crippen LogP contribution in [0.2, 0.25) is 0 Å². The quantitative estimate of drug-likeness (QED) is 0.544. The van der Waals surface area contributed by atoms with Gasteiger partial charge in [0.15, 0.2) is 0 Å². The van der Waals surface area contributed by atoms with Crippen molar-refractivity contribution in [2.45, 2.75) is 18.8 Å². The lowest BCUT2D eigenvalue weighted by Crippen LogP contribution is -2.31. The van der Waals surface area contributed by atoms with Crippen LogP contribution in [0.1, 0.15) is 12.5 Å². The number of nitrogens with zero attached hydrogens (tertiary/aromatic N) is 2. The zero-order valence-corrected chi connectivity index (χ0v) is 16.5. The number of aliphatic hydroxyl groups excluding tert-OH is 1. The van der Waals surface area contributed by atoms with Gasteiger partial charge in [-0.05, 0) is 35.7 Å². The molecule has 0 spiro atoms.